The van der Waals surface area contributed by atoms with Crippen molar-refractivity contribution in [2.75, 3.05) is 43.9 Å². The summed E-state index contributed by atoms with van der Waals surface area (Å²) in [6.45, 7) is 2.97. The number of rotatable bonds is 3. The molecule has 1 aromatic heterocycles. The van der Waals surface area contributed by atoms with E-state index in [1.54, 1.807) is 7.11 Å². The molecule has 0 saturated carbocycles. The lowest BCUT2D eigenvalue weighted by molar-refractivity contribution is 0.0747. The zero-order valence-corrected chi connectivity index (χ0v) is 15.3. The Kier molecular flexibility index (Phi) is 4.38. The SMILES string of the molecule is COc1cccc(N2CCN(C(=O)c3ccc4sc(N)nc4c3)CC2)c1. The van der Waals surface area contributed by atoms with Crippen molar-refractivity contribution in [3.05, 3.63) is 48.0 Å². The van der Waals surface area contributed by atoms with Crippen LogP contribution in [0.3, 0.4) is 0 Å². The van der Waals surface area contributed by atoms with Gasteiger partial charge in [-0.2, -0.15) is 0 Å². The second kappa shape index (κ2) is 6.84. The highest BCUT2D eigenvalue weighted by Crippen LogP contribution is 2.26. The van der Waals surface area contributed by atoms with Gasteiger partial charge in [-0.25, -0.2) is 4.98 Å². The third kappa shape index (κ3) is 3.17. The molecule has 2 N–H and O–H groups in total. The number of hydrogen-bond donors (Lipinski definition) is 1. The molecule has 0 atom stereocenters. The number of carbonyl (C=O) groups is 1. The van der Waals surface area contributed by atoms with Crippen molar-refractivity contribution in [1.29, 1.82) is 0 Å². The van der Waals surface area contributed by atoms with Crippen LogP contribution in [-0.4, -0.2) is 49.1 Å². The van der Waals surface area contributed by atoms with E-state index in [2.05, 4.69) is 16.0 Å². The summed E-state index contributed by atoms with van der Waals surface area (Å²) in [6.07, 6.45) is 0. The summed E-state index contributed by atoms with van der Waals surface area (Å²) in [7, 11) is 1.67. The summed E-state index contributed by atoms with van der Waals surface area (Å²) in [5, 5.41) is 0.525. The molecule has 0 bridgehead atoms. The Hall–Kier alpha value is -2.80. The Morgan fingerprint density at radius 3 is 2.73 bits per heavy atom. The van der Waals surface area contributed by atoms with Gasteiger partial charge in [0.05, 0.1) is 17.3 Å². The number of amides is 1. The maximum Gasteiger partial charge on any atom is 0.254 e. The van der Waals surface area contributed by atoms with Crippen molar-refractivity contribution in [1.82, 2.24) is 9.88 Å². The van der Waals surface area contributed by atoms with Crippen molar-refractivity contribution in [3.8, 4) is 5.75 Å². The third-order valence-corrected chi connectivity index (χ3v) is 5.50. The van der Waals surface area contributed by atoms with Crippen molar-refractivity contribution < 1.29 is 9.53 Å². The highest BCUT2D eigenvalue weighted by atomic mass is 32.1. The predicted molar refractivity (Wildman–Crippen MR) is 105 cm³/mol. The number of benzene rings is 2. The molecule has 0 radical (unpaired) electrons. The van der Waals surface area contributed by atoms with Crippen LogP contribution in [0.25, 0.3) is 10.2 Å². The largest absolute Gasteiger partial charge is 0.497 e. The molecule has 3 aromatic rings. The number of carbonyl (C=O) groups excluding carboxylic acids is 1. The molecule has 1 saturated heterocycles. The zero-order valence-electron chi connectivity index (χ0n) is 14.5. The molecule has 6 nitrogen and oxygen atoms in total. The Bertz CT molecular complexity index is 948. The molecule has 0 unspecified atom stereocenters. The van der Waals surface area contributed by atoms with Gasteiger partial charge < -0.3 is 20.3 Å². The fraction of sp³-hybridized carbons (Fsp3) is 0.263. The minimum absolute atomic E-state index is 0.0452. The topological polar surface area (TPSA) is 71.7 Å². The van der Waals surface area contributed by atoms with Crippen LogP contribution in [0.15, 0.2) is 42.5 Å². The van der Waals surface area contributed by atoms with Gasteiger partial charge in [0.1, 0.15) is 5.75 Å². The number of fused-ring (bicyclic) bond motifs is 1. The quantitative estimate of drug-likeness (QED) is 0.770. The van der Waals surface area contributed by atoms with Crippen LogP contribution in [0.5, 0.6) is 5.75 Å². The van der Waals surface area contributed by atoms with Crippen molar-refractivity contribution in [3.63, 3.8) is 0 Å². The number of nitrogens with zero attached hydrogens (tertiary/aromatic N) is 3. The summed E-state index contributed by atoms with van der Waals surface area (Å²) in [6, 6.07) is 13.6. The monoisotopic (exact) mass is 368 g/mol. The molecule has 1 fully saturated rings. The van der Waals surface area contributed by atoms with Gasteiger partial charge in [0.2, 0.25) is 0 Å². The van der Waals surface area contributed by atoms with E-state index in [9.17, 15) is 4.79 Å². The number of nitrogens with two attached hydrogens (primary N) is 1. The number of hydrogen-bond acceptors (Lipinski definition) is 6. The van der Waals surface area contributed by atoms with Crippen LogP contribution in [-0.2, 0) is 0 Å². The first-order valence-corrected chi connectivity index (χ1v) is 9.30. The highest BCUT2D eigenvalue weighted by Gasteiger charge is 2.23. The van der Waals surface area contributed by atoms with Gasteiger partial charge in [0, 0.05) is 43.5 Å². The van der Waals surface area contributed by atoms with Crippen LogP contribution < -0.4 is 15.4 Å². The average molecular weight is 368 g/mol. The molecule has 7 heteroatoms. The first kappa shape index (κ1) is 16.7. The number of methoxy groups -OCH3 is 1. The van der Waals surface area contributed by atoms with E-state index >= 15 is 0 Å². The second-order valence-electron chi connectivity index (χ2n) is 6.22. The van der Waals surface area contributed by atoms with E-state index in [0.29, 0.717) is 23.8 Å². The minimum Gasteiger partial charge on any atom is -0.497 e. The first-order chi connectivity index (χ1) is 12.6. The van der Waals surface area contributed by atoms with E-state index < -0.39 is 0 Å². The van der Waals surface area contributed by atoms with Gasteiger partial charge in [-0.3, -0.25) is 4.79 Å². The fourth-order valence-electron chi connectivity index (χ4n) is 3.24. The zero-order chi connectivity index (χ0) is 18.1. The maximum atomic E-state index is 12.8. The van der Waals surface area contributed by atoms with Crippen molar-refractivity contribution >= 4 is 38.3 Å². The molecule has 0 spiro atoms. The molecule has 26 heavy (non-hydrogen) atoms. The van der Waals surface area contributed by atoms with Crippen LogP contribution in [0.1, 0.15) is 10.4 Å². The average Bonchev–Trinajstić information content (AvgIpc) is 3.06. The van der Waals surface area contributed by atoms with Crippen LogP contribution >= 0.6 is 11.3 Å². The second-order valence-corrected chi connectivity index (χ2v) is 7.28. The summed E-state index contributed by atoms with van der Waals surface area (Å²) < 4.78 is 6.30. The van der Waals surface area contributed by atoms with Gasteiger partial charge in [-0.15, -0.1) is 0 Å². The van der Waals surface area contributed by atoms with E-state index in [4.69, 9.17) is 10.5 Å². The molecule has 0 aliphatic carbocycles. The van der Waals surface area contributed by atoms with E-state index in [0.717, 1.165) is 34.7 Å². The minimum atomic E-state index is 0.0452. The molecule has 1 aliphatic heterocycles. The summed E-state index contributed by atoms with van der Waals surface area (Å²) in [5.41, 5.74) is 8.32. The molecule has 1 amide bonds. The lowest BCUT2D eigenvalue weighted by atomic mass is 10.1. The van der Waals surface area contributed by atoms with E-state index in [1.807, 2.05) is 41.3 Å². The number of aromatic nitrogens is 1. The van der Waals surface area contributed by atoms with Crippen molar-refractivity contribution in [2.45, 2.75) is 0 Å². The summed E-state index contributed by atoms with van der Waals surface area (Å²) in [4.78, 5) is 21.3. The normalized spacial score (nSPS) is 14.7. The fourth-order valence-corrected chi connectivity index (χ4v) is 3.95. The molecule has 1 aliphatic rings. The van der Waals surface area contributed by atoms with Gasteiger partial charge in [0.15, 0.2) is 5.13 Å². The molecule has 134 valence electrons. The summed E-state index contributed by atoms with van der Waals surface area (Å²) >= 11 is 1.43. The van der Waals surface area contributed by atoms with Gasteiger partial charge in [-0.05, 0) is 30.3 Å². The molecular weight excluding hydrogens is 348 g/mol. The number of piperazine rings is 1. The Balaban J connectivity index is 1.45. The first-order valence-electron chi connectivity index (χ1n) is 8.48. The van der Waals surface area contributed by atoms with Crippen LogP contribution in [0.2, 0.25) is 0 Å². The molecule has 2 aromatic carbocycles. The van der Waals surface area contributed by atoms with E-state index in [1.165, 1.54) is 11.3 Å². The number of thiazole rings is 1. The molecular formula is C19H20N4O2S. The number of anilines is 2. The molecule has 2 heterocycles. The Labute approximate surface area is 155 Å². The van der Waals surface area contributed by atoms with Crippen LogP contribution in [0.4, 0.5) is 10.8 Å². The standard InChI is InChI=1S/C19H20N4O2S/c1-25-15-4-2-3-14(12-15)22-7-9-23(10-8-22)18(24)13-5-6-17-16(11-13)21-19(20)26-17/h2-6,11-12H,7-10H2,1H3,(H2,20,21). The third-order valence-electron chi connectivity index (χ3n) is 4.64. The Morgan fingerprint density at radius 1 is 1.15 bits per heavy atom. The van der Waals surface area contributed by atoms with E-state index in [-0.39, 0.29) is 5.91 Å². The lowest BCUT2D eigenvalue weighted by Gasteiger charge is -2.36. The molecule has 4 rings (SSSR count). The highest BCUT2D eigenvalue weighted by molar-refractivity contribution is 7.22. The lowest BCUT2D eigenvalue weighted by Crippen LogP contribution is -2.48. The Morgan fingerprint density at radius 2 is 1.96 bits per heavy atom. The maximum absolute atomic E-state index is 12.8. The van der Waals surface area contributed by atoms with Crippen LogP contribution in [0, 0.1) is 0 Å². The number of ether oxygens (including phenoxy) is 1. The van der Waals surface area contributed by atoms with Gasteiger partial charge in [0.25, 0.3) is 5.91 Å². The van der Waals surface area contributed by atoms with Gasteiger partial charge in [-0.1, -0.05) is 17.4 Å². The smallest absolute Gasteiger partial charge is 0.254 e. The number of nitrogen functional groups attached to an aromatic ring is 1. The predicted octanol–water partition coefficient (Wildman–Crippen LogP) is 2.85. The van der Waals surface area contributed by atoms with Gasteiger partial charge >= 0.3 is 0 Å². The van der Waals surface area contributed by atoms with Crippen molar-refractivity contribution in [2.24, 2.45) is 0 Å². The summed E-state index contributed by atoms with van der Waals surface area (Å²) in [5.74, 6) is 0.889.